The molecular weight excluding hydrogens is 362 g/mol. The first-order valence-corrected chi connectivity index (χ1v) is 10.2. The number of amides is 2. The third-order valence-corrected chi connectivity index (χ3v) is 5.29. The minimum atomic E-state index is -0.232. The Bertz CT molecular complexity index is 970. The summed E-state index contributed by atoms with van der Waals surface area (Å²) < 4.78 is 2.11. The number of pyridine rings is 1. The van der Waals surface area contributed by atoms with Crippen LogP contribution < -0.4 is 10.6 Å². The molecule has 1 aromatic carbocycles. The van der Waals surface area contributed by atoms with Gasteiger partial charge in [0.15, 0.2) is 0 Å². The van der Waals surface area contributed by atoms with Crippen LogP contribution in [-0.2, 0) is 6.54 Å². The van der Waals surface area contributed by atoms with Crippen LogP contribution in [0.15, 0.2) is 48.7 Å². The maximum atomic E-state index is 12.4. The van der Waals surface area contributed by atoms with Gasteiger partial charge in [-0.3, -0.25) is 9.67 Å². The van der Waals surface area contributed by atoms with Crippen LogP contribution in [0.2, 0.25) is 0 Å². The number of benzene rings is 1. The maximum absolute atomic E-state index is 12.4. The van der Waals surface area contributed by atoms with E-state index in [1.165, 1.54) is 12.8 Å². The number of carbonyl (C=O) groups is 1. The first-order chi connectivity index (χ1) is 14.1. The molecule has 0 aliphatic heterocycles. The number of carbonyl (C=O) groups excluding carboxylic acids is 1. The molecule has 2 aromatic heterocycles. The Labute approximate surface area is 171 Å². The van der Waals surface area contributed by atoms with Crippen molar-refractivity contribution >= 4 is 11.7 Å². The van der Waals surface area contributed by atoms with Crippen molar-refractivity contribution in [3.63, 3.8) is 0 Å². The predicted molar refractivity (Wildman–Crippen MR) is 115 cm³/mol. The smallest absolute Gasteiger partial charge is 0.319 e. The number of nitrogens with one attached hydrogen (secondary N) is 2. The van der Waals surface area contributed by atoms with Gasteiger partial charge in [0.1, 0.15) is 0 Å². The van der Waals surface area contributed by atoms with Gasteiger partial charge in [0.25, 0.3) is 0 Å². The van der Waals surface area contributed by atoms with Crippen molar-refractivity contribution in [2.45, 2.75) is 52.1 Å². The van der Waals surface area contributed by atoms with Gasteiger partial charge < -0.3 is 10.6 Å². The Morgan fingerprint density at radius 1 is 1.10 bits per heavy atom. The lowest BCUT2D eigenvalue weighted by atomic mass is 10.1. The summed E-state index contributed by atoms with van der Waals surface area (Å²) in [6.45, 7) is 4.41. The number of aromatic nitrogens is 3. The van der Waals surface area contributed by atoms with E-state index >= 15 is 0 Å². The highest BCUT2D eigenvalue weighted by Crippen LogP contribution is 2.33. The van der Waals surface area contributed by atoms with Gasteiger partial charge in [-0.2, -0.15) is 5.10 Å². The van der Waals surface area contributed by atoms with Gasteiger partial charge in [-0.15, -0.1) is 0 Å². The average Bonchev–Trinajstić information content (AvgIpc) is 3.36. The molecule has 0 unspecified atom stereocenters. The van der Waals surface area contributed by atoms with Gasteiger partial charge in [0.05, 0.1) is 29.7 Å². The molecule has 0 atom stereocenters. The van der Waals surface area contributed by atoms with Crippen molar-refractivity contribution in [3.05, 3.63) is 65.5 Å². The highest BCUT2D eigenvalue weighted by molar-refractivity contribution is 5.89. The number of hydrogen-bond donors (Lipinski definition) is 2. The Balaban J connectivity index is 1.47. The van der Waals surface area contributed by atoms with E-state index in [4.69, 9.17) is 5.10 Å². The molecule has 6 nitrogen and oxygen atoms in total. The van der Waals surface area contributed by atoms with Crippen LogP contribution in [0, 0.1) is 13.8 Å². The molecule has 29 heavy (non-hydrogen) atoms. The Hall–Kier alpha value is -3.15. The number of aryl methyl sites for hydroxylation is 2. The molecule has 0 spiro atoms. The van der Waals surface area contributed by atoms with Gasteiger partial charge in [-0.05, 0) is 68.1 Å². The fourth-order valence-corrected chi connectivity index (χ4v) is 4.06. The first kappa shape index (κ1) is 19.2. The second-order valence-corrected chi connectivity index (χ2v) is 7.80. The third-order valence-electron chi connectivity index (χ3n) is 5.29. The Morgan fingerprint density at radius 3 is 2.55 bits per heavy atom. The molecule has 4 rings (SSSR count). The quantitative estimate of drug-likeness (QED) is 0.645. The second kappa shape index (κ2) is 8.47. The molecule has 3 aromatic rings. The Morgan fingerprint density at radius 2 is 1.86 bits per heavy atom. The van der Waals surface area contributed by atoms with Gasteiger partial charge >= 0.3 is 6.03 Å². The van der Waals surface area contributed by atoms with Crippen LogP contribution in [0.1, 0.15) is 48.5 Å². The molecule has 0 saturated heterocycles. The minimum Gasteiger partial charge on any atom is -0.332 e. The van der Waals surface area contributed by atoms with E-state index < -0.39 is 0 Å². The highest BCUT2D eigenvalue weighted by Gasteiger charge is 2.22. The molecule has 0 bridgehead atoms. The number of nitrogens with zero attached hydrogens (tertiary/aromatic N) is 3. The summed E-state index contributed by atoms with van der Waals surface area (Å²) in [6.07, 6.45) is 6.55. The second-order valence-electron chi connectivity index (χ2n) is 7.80. The molecule has 1 saturated carbocycles. The fourth-order valence-electron chi connectivity index (χ4n) is 4.06. The molecule has 1 aliphatic rings. The van der Waals surface area contributed by atoms with Crippen molar-refractivity contribution in [3.8, 4) is 11.4 Å². The van der Waals surface area contributed by atoms with E-state index in [-0.39, 0.29) is 6.03 Å². The molecule has 1 aliphatic carbocycles. The van der Waals surface area contributed by atoms with E-state index in [9.17, 15) is 4.79 Å². The first-order valence-electron chi connectivity index (χ1n) is 10.2. The number of urea groups is 1. The highest BCUT2D eigenvalue weighted by atomic mass is 16.2. The van der Waals surface area contributed by atoms with Crippen molar-refractivity contribution in [1.82, 2.24) is 20.1 Å². The zero-order valence-corrected chi connectivity index (χ0v) is 17.0. The largest absolute Gasteiger partial charge is 0.332 e. The lowest BCUT2D eigenvalue weighted by Crippen LogP contribution is -2.28. The van der Waals surface area contributed by atoms with Crippen LogP contribution in [0.25, 0.3) is 11.4 Å². The van der Waals surface area contributed by atoms with Crippen molar-refractivity contribution in [2.75, 3.05) is 5.32 Å². The van der Waals surface area contributed by atoms with Crippen molar-refractivity contribution in [1.29, 1.82) is 0 Å². The SMILES string of the molecule is Cc1cc(C)cc(NC(=O)NCc2cc(-c3ccccn3)n(C3CCCC3)n2)c1. The number of hydrogen-bond acceptors (Lipinski definition) is 3. The molecule has 1 fully saturated rings. The summed E-state index contributed by atoms with van der Waals surface area (Å²) in [7, 11) is 0. The van der Waals surface area contributed by atoms with Crippen LogP contribution in [0.3, 0.4) is 0 Å². The number of anilines is 1. The molecule has 150 valence electrons. The van der Waals surface area contributed by atoms with E-state index in [2.05, 4.69) is 26.4 Å². The molecule has 0 radical (unpaired) electrons. The van der Waals surface area contributed by atoms with Gasteiger partial charge in [0.2, 0.25) is 0 Å². The van der Waals surface area contributed by atoms with Crippen LogP contribution in [0.5, 0.6) is 0 Å². The summed E-state index contributed by atoms with van der Waals surface area (Å²) >= 11 is 0. The van der Waals surface area contributed by atoms with E-state index in [0.717, 1.165) is 46.7 Å². The van der Waals surface area contributed by atoms with Crippen LogP contribution >= 0.6 is 0 Å². The van der Waals surface area contributed by atoms with E-state index in [0.29, 0.717) is 12.6 Å². The number of rotatable bonds is 5. The maximum Gasteiger partial charge on any atom is 0.319 e. The van der Waals surface area contributed by atoms with Crippen LogP contribution in [0.4, 0.5) is 10.5 Å². The fraction of sp³-hybridized carbons (Fsp3) is 0.348. The van der Waals surface area contributed by atoms with Crippen LogP contribution in [-0.4, -0.2) is 20.8 Å². The lowest BCUT2D eigenvalue weighted by Gasteiger charge is -2.13. The average molecular weight is 390 g/mol. The minimum absolute atomic E-state index is 0.232. The monoisotopic (exact) mass is 389 g/mol. The third kappa shape index (κ3) is 4.65. The summed E-state index contributed by atoms with van der Waals surface area (Å²) in [5, 5.41) is 10.6. The molecular formula is C23H27N5O. The van der Waals surface area contributed by atoms with Gasteiger partial charge in [-0.1, -0.05) is 25.0 Å². The summed E-state index contributed by atoms with van der Waals surface area (Å²) in [6, 6.07) is 14.1. The van der Waals surface area contributed by atoms with E-state index in [1.54, 1.807) is 6.20 Å². The van der Waals surface area contributed by atoms with Crippen molar-refractivity contribution < 1.29 is 4.79 Å². The summed E-state index contributed by atoms with van der Waals surface area (Å²) in [5.74, 6) is 0. The normalized spacial score (nSPS) is 14.1. The van der Waals surface area contributed by atoms with Gasteiger partial charge in [0, 0.05) is 11.9 Å². The molecule has 2 heterocycles. The van der Waals surface area contributed by atoms with E-state index in [1.807, 2.05) is 50.2 Å². The molecule has 2 amide bonds. The zero-order valence-electron chi connectivity index (χ0n) is 17.0. The zero-order chi connectivity index (χ0) is 20.2. The lowest BCUT2D eigenvalue weighted by molar-refractivity contribution is 0.251. The summed E-state index contributed by atoms with van der Waals surface area (Å²) in [5.41, 5.74) is 5.81. The Kier molecular flexibility index (Phi) is 5.60. The molecule has 2 N–H and O–H groups in total. The molecule has 6 heteroatoms. The topological polar surface area (TPSA) is 71.8 Å². The van der Waals surface area contributed by atoms with Gasteiger partial charge in [-0.25, -0.2) is 4.79 Å². The summed E-state index contributed by atoms with van der Waals surface area (Å²) in [4.78, 5) is 16.9. The standard InChI is InChI=1S/C23H27N5O/c1-16-11-17(2)13-18(12-16)26-23(29)25-15-19-14-22(21-9-5-6-10-24-21)28(27-19)20-7-3-4-8-20/h5-6,9-14,20H,3-4,7-8,15H2,1-2H3,(H2,25,26,29). The predicted octanol–water partition coefficient (Wildman–Crippen LogP) is 5.00. The van der Waals surface area contributed by atoms with Crippen molar-refractivity contribution in [2.24, 2.45) is 0 Å².